The van der Waals surface area contributed by atoms with Gasteiger partial charge in [-0.05, 0) is 18.6 Å². The summed E-state index contributed by atoms with van der Waals surface area (Å²) in [5.74, 6) is -1.00. The fourth-order valence-corrected chi connectivity index (χ4v) is 2.42. The number of carbonyl (C=O) groups excluding carboxylic acids is 2. The summed E-state index contributed by atoms with van der Waals surface area (Å²) in [6, 6.07) is 6.94. The van der Waals surface area contributed by atoms with Crippen LogP contribution in [0.15, 0.2) is 33.5 Å². The van der Waals surface area contributed by atoms with Crippen LogP contribution in [0.4, 0.5) is 0 Å². The highest BCUT2D eigenvalue weighted by Crippen LogP contribution is 2.12. The van der Waals surface area contributed by atoms with Gasteiger partial charge in [0, 0.05) is 13.1 Å². The molecule has 1 saturated heterocycles. The standard InChI is InChI=1S/C14H15N3O4/c18-12-8-16(7-3-6-15-12)13(19)9-17-10-4-1-2-5-11(10)21-14(17)20/h1-2,4-5H,3,6-9H2,(H,15,18). The van der Waals surface area contributed by atoms with E-state index in [0.717, 1.165) is 0 Å². The lowest BCUT2D eigenvalue weighted by Crippen LogP contribution is -2.40. The van der Waals surface area contributed by atoms with Crippen molar-refractivity contribution in [3.8, 4) is 0 Å². The normalized spacial score (nSPS) is 15.8. The number of fused-ring (bicyclic) bond motifs is 1. The molecule has 1 aromatic carbocycles. The van der Waals surface area contributed by atoms with Crippen LogP contribution < -0.4 is 11.1 Å². The molecule has 3 rings (SSSR count). The molecule has 1 aromatic heterocycles. The lowest BCUT2D eigenvalue weighted by Gasteiger charge is -2.18. The van der Waals surface area contributed by atoms with Crippen molar-refractivity contribution in [2.45, 2.75) is 13.0 Å². The molecule has 1 aliphatic rings. The number of para-hydroxylation sites is 2. The van der Waals surface area contributed by atoms with E-state index in [9.17, 15) is 14.4 Å². The van der Waals surface area contributed by atoms with Crippen molar-refractivity contribution in [2.24, 2.45) is 0 Å². The predicted octanol–water partition coefficient (Wildman–Crippen LogP) is -0.0570. The first-order valence-electron chi connectivity index (χ1n) is 6.78. The minimum atomic E-state index is -0.566. The topological polar surface area (TPSA) is 84.6 Å². The minimum Gasteiger partial charge on any atom is -0.408 e. The molecule has 1 N–H and O–H groups in total. The molecule has 2 amide bonds. The number of carbonyl (C=O) groups is 2. The van der Waals surface area contributed by atoms with Crippen molar-refractivity contribution in [1.82, 2.24) is 14.8 Å². The Morgan fingerprint density at radius 1 is 1.29 bits per heavy atom. The number of aromatic nitrogens is 1. The molecule has 1 fully saturated rings. The van der Waals surface area contributed by atoms with Gasteiger partial charge in [0.25, 0.3) is 0 Å². The van der Waals surface area contributed by atoms with Crippen molar-refractivity contribution >= 4 is 22.9 Å². The Balaban J connectivity index is 1.84. The number of nitrogens with one attached hydrogen (secondary N) is 1. The lowest BCUT2D eigenvalue weighted by molar-refractivity contribution is -0.135. The Labute approximate surface area is 120 Å². The summed E-state index contributed by atoms with van der Waals surface area (Å²) in [6.07, 6.45) is 0.707. The molecule has 0 atom stereocenters. The van der Waals surface area contributed by atoms with Gasteiger partial charge in [-0.2, -0.15) is 0 Å². The second-order valence-electron chi connectivity index (χ2n) is 4.94. The average Bonchev–Trinajstić information content (AvgIpc) is 2.64. The van der Waals surface area contributed by atoms with Crippen LogP contribution in [0.25, 0.3) is 11.1 Å². The van der Waals surface area contributed by atoms with Gasteiger partial charge in [0.05, 0.1) is 12.1 Å². The van der Waals surface area contributed by atoms with E-state index in [2.05, 4.69) is 5.32 Å². The summed E-state index contributed by atoms with van der Waals surface area (Å²) in [7, 11) is 0. The molecule has 2 aromatic rings. The molecule has 7 nitrogen and oxygen atoms in total. The largest absolute Gasteiger partial charge is 0.420 e. The zero-order valence-electron chi connectivity index (χ0n) is 11.4. The minimum absolute atomic E-state index is 0.0311. The van der Waals surface area contributed by atoms with E-state index in [1.807, 2.05) is 0 Å². The first-order chi connectivity index (χ1) is 10.1. The quantitative estimate of drug-likeness (QED) is 0.839. The summed E-state index contributed by atoms with van der Waals surface area (Å²) >= 11 is 0. The first-order valence-corrected chi connectivity index (χ1v) is 6.78. The third kappa shape index (κ3) is 2.67. The second-order valence-corrected chi connectivity index (χ2v) is 4.94. The fraction of sp³-hybridized carbons (Fsp3) is 0.357. The Hall–Kier alpha value is -2.57. The maximum absolute atomic E-state index is 12.3. The number of nitrogens with zero attached hydrogens (tertiary/aromatic N) is 2. The number of amides is 2. The van der Waals surface area contributed by atoms with E-state index in [-0.39, 0.29) is 24.9 Å². The van der Waals surface area contributed by atoms with E-state index in [4.69, 9.17) is 4.42 Å². The van der Waals surface area contributed by atoms with Gasteiger partial charge in [0.15, 0.2) is 5.58 Å². The van der Waals surface area contributed by atoms with E-state index < -0.39 is 5.76 Å². The maximum atomic E-state index is 12.3. The molecule has 110 valence electrons. The van der Waals surface area contributed by atoms with Gasteiger partial charge >= 0.3 is 5.76 Å². The van der Waals surface area contributed by atoms with Crippen LogP contribution >= 0.6 is 0 Å². The summed E-state index contributed by atoms with van der Waals surface area (Å²) in [4.78, 5) is 37.1. The predicted molar refractivity (Wildman–Crippen MR) is 74.7 cm³/mol. The summed E-state index contributed by atoms with van der Waals surface area (Å²) in [6.45, 7) is 0.978. The molecular weight excluding hydrogens is 274 g/mol. The molecule has 0 bridgehead atoms. The zero-order valence-corrected chi connectivity index (χ0v) is 11.4. The van der Waals surface area contributed by atoms with Crippen LogP contribution in [0.1, 0.15) is 6.42 Å². The van der Waals surface area contributed by atoms with E-state index in [1.165, 1.54) is 9.47 Å². The van der Waals surface area contributed by atoms with Crippen LogP contribution in [-0.4, -0.2) is 40.9 Å². The van der Waals surface area contributed by atoms with Crippen molar-refractivity contribution in [2.75, 3.05) is 19.6 Å². The number of benzene rings is 1. The van der Waals surface area contributed by atoms with Crippen molar-refractivity contribution in [3.63, 3.8) is 0 Å². The number of hydrogen-bond acceptors (Lipinski definition) is 4. The van der Waals surface area contributed by atoms with Crippen LogP contribution in [0.5, 0.6) is 0 Å². The van der Waals surface area contributed by atoms with Crippen LogP contribution in [0, 0.1) is 0 Å². The molecule has 21 heavy (non-hydrogen) atoms. The van der Waals surface area contributed by atoms with Crippen molar-refractivity contribution < 1.29 is 14.0 Å². The van der Waals surface area contributed by atoms with Crippen molar-refractivity contribution in [1.29, 1.82) is 0 Å². The molecule has 7 heteroatoms. The highest BCUT2D eigenvalue weighted by atomic mass is 16.4. The third-order valence-corrected chi connectivity index (χ3v) is 3.48. The van der Waals surface area contributed by atoms with Gasteiger partial charge in [0.2, 0.25) is 11.8 Å². The molecule has 0 aliphatic carbocycles. The van der Waals surface area contributed by atoms with E-state index >= 15 is 0 Å². The highest BCUT2D eigenvalue weighted by Gasteiger charge is 2.21. The molecular formula is C14H15N3O4. The summed E-state index contributed by atoms with van der Waals surface area (Å²) < 4.78 is 6.38. The SMILES string of the molecule is O=C1CN(C(=O)Cn2c(=O)oc3ccccc32)CCCN1. The maximum Gasteiger partial charge on any atom is 0.420 e. The Morgan fingerprint density at radius 2 is 2.10 bits per heavy atom. The van der Waals surface area contributed by atoms with Gasteiger partial charge in [-0.25, -0.2) is 4.79 Å². The van der Waals surface area contributed by atoms with Gasteiger partial charge in [-0.1, -0.05) is 12.1 Å². The van der Waals surface area contributed by atoms with E-state index in [1.54, 1.807) is 24.3 Å². The number of hydrogen-bond donors (Lipinski definition) is 1. The Bertz CT molecular complexity index is 746. The highest BCUT2D eigenvalue weighted by molar-refractivity contribution is 5.85. The van der Waals surface area contributed by atoms with Crippen LogP contribution in [0.2, 0.25) is 0 Å². The van der Waals surface area contributed by atoms with Gasteiger partial charge in [-0.15, -0.1) is 0 Å². The first kappa shape index (κ1) is 13.4. The number of rotatable bonds is 2. The molecule has 0 radical (unpaired) electrons. The van der Waals surface area contributed by atoms with Crippen molar-refractivity contribution in [3.05, 3.63) is 34.8 Å². The fourth-order valence-electron chi connectivity index (χ4n) is 2.42. The smallest absolute Gasteiger partial charge is 0.408 e. The van der Waals surface area contributed by atoms with E-state index in [0.29, 0.717) is 30.6 Å². The molecule has 0 spiro atoms. The third-order valence-electron chi connectivity index (χ3n) is 3.48. The second kappa shape index (κ2) is 5.43. The van der Waals surface area contributed by atoms with Crippen LogP contribution in [0.3, 0.4) is 0 Å². The van der Waals surface area contributed by atoms with Gasteiger partial charge in [-0.3, -0.25) is 14.2 Å². The van der Waals surface area contributed by atoms with Gasteiger partial charge in [0.1, 0.15) is 6.54 Å². The lowest BCUT2D eigenvalue weighted by atomic mass is 10.3. The molecule has 2 heterocycles. The van der Waals surface area contributed by atoms with Crippen LogP contribution in [-0.2, 0) is 16.1 Å². The number of oxazole rings is 1. The Morgan fingerprint density at radius 3 is 2.95 bits per heavy atom. The summed E-state index contributed by atoms with van der Waals surface area (Å²) in [5.41, 5.74) is 1.03. The molecule has 0 saturated carbocycles. The van der Waals surface area contributed by atoms with Gasteiger partial charge < -0.3 is 14.6 Å². The Kier molecular flexibility index (Phi) is 3.47. The zero-order chi connectivity index (χ0) is 14.8. The average molecular weight is 289 g/mol. The molecule has 1 aliphatic heterocycles. The summed E-state index contributed by atoms with van der Waals surface area (Å²) in [5, 5.41) is 2.71. The monoisotopic (exact) mass is 289 g/mol. The molecule has 0 unspecified atom stereocenters.